The van der Waals surface area contributed by atoms with E-state index in [1.807, 2.05) is 22.6 Å². The van der Waals surface area contributed by atoms with E-state index >= 15 is 0 Å². The highest BCUT2D eigenvalue weighted by molar-refractivity contribution is 14.1. The first-order valence-corrected chi connectivity index (χ1v) is 6.56. The molecule has 0 aromatic heterocycles. The molecule has 0 spiro atoms. The number of amides is 1. The van der Waals surface area contributed by atoms with Crippen molar-refractivity contribution in [3.05, 3.63) is 67.5 Å². The van der Waals surface area contributed by atoms with Crippen LogP contribution in [0.15, 0.2) is 42.5 Å². The van der Waals surface area contributed by atoms with Gasteiger partial charge in [0.2, 0.25) is 0 Å². The number of hydrogen-bond donors (Lipinski definition) is 1. The number of halogens is 2. The second-order valence-corrected chi connectivity index (χ2v) is 5.01. The SMILES string of the molecule is O=C(Nc1ccc(F)cc1[N+](=O)[O-])c1ccccc1I. The molecule has 5 nitrogen and oxygen atoms in total. The van der Waals surface area contributed by atoms with Crippen LogP contribution in [0.25, 0.3) is 0 Å². The van der Waals surface area contributed by atoms with Crippen LogP contribution in [0.3, 0.4) is 0 Å². The van der Waals surface area contributed by atoms with Gasteiger partial charge >= 0.3 is 0 Å². The standard InChI is InChI=1S/C13H8FIN2O3/c14-8-5-6-11(12(7-8)17(19)20)16-13(18)9-3-1-2-4-10(9)15/h1-7H,(H,16,18). The minimum absolute atomic E-state index is 0.0407. The van der Waals surface area contributed by atoms with E-state index < -0.39 is 22.3 Å². The third-order valence-electron chi connectivity index (χ3n) is 2.52. The molecule has 0 radical (unpaired) electrons. The predicted molar refractivity (Wildman–Crippen MR) is 80.2 cm³/mol. The number of nitrogens with one attached hydrogen (secondary N) is 1. The van der Waals surface area contributed by atoms with Crippen molar-refractivity contribution in [1.82, 2.24) is 0 Å². The fraction of sp³-hybridized carbons (Fsp3) is 0. The van der Waals surface area contributed by atoms with Gasteiger partial charge in [-0.1, -0.05) is 12.1 Å². The number of anilines is 1. The van der Waals surface area contributed by atoms with E-state index in [0.717, 1.165) is 12.1 Å². The van der Waals surface area contributed by atoms with Crippen LogP contribution in [-0.4, -0.2) is 10.8 Å². The molecule has 0 fully saturated rings. The molecule has 2 aromatic carbocycles. The van der Waals surface area contributed by atoms with Crippen LogP contribution >= 0.6 is 22.6 Å². The Balaban J connectivity index is 2.33. The van der Waals surface area contributed by atoms with Gasteiger partial charge in [-0.25, -0.2) is 4.39 Å². The molecule has 102 valence electrons. The van der Waals surface area contributed by atoms with Gasteiger partial charge in [-0.2, -0.15) is 0 Å². The Morgan fingerprint density at radius 3 is 2.60 bits per heavy atom. The Morgan fingerprint density at radius 1 is 1.25 bits per heavy atom. The van der Waals surface area contributed by atoms with Crippen molar-refractivity contribution in [2.45, 2.75) is 0 Å². The summed E-state index contributed by atoms with van der Waals surface area (Å²) in [5.41, 5.74) is -0.128. The molecule has 7 heteroatoms. The molecule has 0 saturated carbocycles. The largest absolute Gasteiger partial charge is 0.316 e. The van der Waals surface area contributed by atoms with Crippen LogP contribution in [-0.2, 0) is 0 Å². The van der Waals surface area contributed by atoms with Gasteiger partial charge in [-0.05, 0) is 46.9 Å². The highest BCUT2D eigenvalue weighted by Gasteiger charge is 2.18. The first kappa shape index (κ1) is 14.4. The van der Waals surface area contributed by atoms with Crippen LogP contribution in [0.4, 0.5) is 15.8 Å². The first-order chi connectivity index (χ1) is 9.49. The molecule has 2 aromatic rings. The van der Waals surface area contributed by atoms with Gasteiger partial charge in [0.25, 0.3) is 11.6 Å². The van der Waals surface area contributed by atoms with Gasteiger partial charge < -0.3 is 5.32 Å². The summed E-state index contributed by atoms with van der Waals surface area (Å²) in [4.78, 5) is 22.2. The maximum absolute atomic E-state index is 13.0. The summed E-state index contributed by atoms with van der Waals surface area (Å²) >= 11 is 1.99. The molecule has 0 bridgehead atoms. The normalized spacial score (nSPS) is 10.1. The number of carbonyl (C=O) groups is 1. The number of carbonyl (C=O) groups excluding carboxylic acids is 1. The number of nitro groups is 1. The average molecular weight is 386 g/mol. The van der Waals surface area contributed by atoms with Crippen molar-refractivity contribution in [3.8, 4) is 0 Å². The summed E-state index contributed by atoms with van der Waals surface area (Å²) in [7, 11) is 0. The average Bonchev–Trinajstić information content (AvgIpc) is 2.41. The molecule has 0 aliphatic heterocycles. The van der Waals surface area contributed by atoms with Crippen LogP contribution in [0, 0.1) is 19.5 Å². The minimum Gasteiger partial charge on any atom is -0.316 e. The smallest absolute Gasteiger partial charge is 0.295 e. The number of benzene rings is 2. The van der Waals surface area contributed by atoms with Gasteiger partial charge in [-0.15, -0.1) is 0 Å². The summed E-state index contributed by atoms with van der Waals surface area (Å²) < 4.78 is 13.7. The van der Waals surface area contributed by atoms with E-state index in [-0.39, 0.29) is 5.69 Å². The van der Waals surface area contributed by atoms with Crippen molar-refractivity contribution in [2.75, 3.05) is 5.32 Å². The van der Waals surface area contributed by atoms with E-state index in [4.69, 9.17) is 0 Å². The lowest BCUT2D eigenvalue weighted by Gasteiger charge is -2.07. The monoisotopic (exact) mass is 386 g/mol. The Morgan fingerprint density at radius 2 is 1.95 bits per heavy atom. The maximum atomic E-state index is 13.0. The lowest BCUT2D eigenvalue weighted by atomic mass is 10.2. The fourth-order valence-electron chi connectivity index (χ4n) is 1.60. The molecule has 2 rings (SSSR count). The Bertz CT molecular complexity index is 691. The van der Waals surface area contributed by atoms with Crippen molar-refractivity contribution in [1.29, 1.82) is 0 Å². The highest BCUT2D eigenvalue weighted by Crippen LogP contribution is 2.26. The molecule has 1 amide bonds. The third-order valence-corrected chi connectivity index (χ3v) is 3.46. The van der Waals surface area contributed by atoms with E-state index in [0.29, 0.717) is 9.13 Å². The summed E-state index contributed by atoms with van der Waals surface area (Å²) in [6.45, 7) is 0. The Kier molecular flexibility index (Phi) is 4.28. The van der Waals surface area contributed by atoms with Gasteiger partial charge in [-0.3, -0.25) is 14.9 Å². The lowest BCUT2D eigenvalue weighted by Crippen LogP contribution is -2.14. The summed E-state index contributed by atoms with van der Waals surface area (Å²) in [5.74, 6) is -1.21. The molecular formula is C13H8FIN2O3. The second kappa shape index (κ2) is 5.95. The van der Waals surface area contributed by atoms with Crippen LogP contribution in [0.5, 0.6) is 0 Å². The molecule has 0 atom stereocenters. The number of nitrogens with zero attached hydrogens (tertiary/aromatic N) is 1. The van der Waals surface area contributed by atoms with Crippen molar-refractivity contribution >= 4 is 39.9 Å². The van der Waals surface area contributed by atoms with E-state index in [1.165, 1.54) is 6.07 Å². The second-order valence-electron chi connectivity index (χ2n) is 3.85. The lowest BCUT2D eigenvalue weighted by molar-refractivity contribution is -0.384. The van der Waals surface area contributed by atoms with E-state index in [2.05, 4.69) is 5.32 Å². The zero-order valence-corrected chi connectivity index (χ0v) is 12.1. The van der Waals surface area contributed by atoms with Crippen LogP contribution in [0.2, 0.25) is 0 Å². The molecule has 0 aliphatic carbocycles. The van der Waals surface area contributed by atoms with E-state index in [9.17, 15) is 19.3 Å². The van der Waals surface area contributed by atoms with Crippen molar-refractivity contribution < 1.29 is 14.1 Å². The summed E-state index contributed by atoms with van der Waals surface area (Å²) in [6.07, 6.45) is 0. The zero-order valence-electron chi connectivity index (χ0n) is 9.97. The molecule has 0 aliphatic rings. The highest BCUT2D eigenvalue weighted by atomic mass is 127. The molecule has 0 heterocycles. The predicted octanol–water partition coefficient (Wildman–Crippen LogP) is 3.59. The zero-order chi connectivity index (χ0) is 14.7. The maximum Gasteiger partial charge on any atom is 0.295 e. The van der Waals surface area contributed by atoms with Gasteiger partial charge in [0.15, 0.2) is 0 Å². The first-order valence-electron chi connectivity index (χ1n) is 5.49. The van der Waals surface area contributed by atoms with Crippen LogP contribution < -0.4 is 5.32 Å². The van der Waals surface area contributed by atoms with Gasteiger partial charge in [0.1, 0.15) is 11.5 Å². The van der Waals surface area contributed by atoms with Crippen LogP contribution in [0.1, 0.15) is 10.4 Å². The number of nitro benzene ring substituents is 1. The van der Waals surface area contributed by atoms with Gasteiger partial charge in [0.05, 0.1) is 16.6 Å². The molecule has 0 unspecified atom stereocenters. The molecule has 20 heavy (non-hydrogen) atoms. The molecular weight excluding hydrogens is 378 g/mol. The van der Waals surface area contributed by atoms with Crippen molar-refractivity contribution in [2.24, 2.45) is 0 Å². The summed E-state index contributed by atoms with van der Waals surface area (Å²) in [6, 6.07) is 9.81. The topological polar surface area (TPSA) is 72.2 Å². The molecule has 1 N–H and O–H groups in total. The van der Waals surface area contributed by atoms with Crippen molar-refractivity contribution in [3.63, 3.8) is 0 Å². The Labute approximate surface area is 127 Å². The fourth-order valence-corrected chi connectivity index (χ4v) is 2.23. The minimum atomic E-state index is -0.741. The number of rotatable bonds is 3. The van der Waals surface area contributed by atoms with E-state index in [1.54, 1.807) is 24.3 Å². The quantitative estimate of drug-likeness (QED) is 0.498. The van der Waals surface area contributed by atoms with Gasteiger partial charge in [0, 0.05) is 3.57 Å². The summed E-state index contributed by atoms with van der Waals surface area (Å²) in [5, 5.41) is 13.3. The third kappa shape index (κ3) is 3.10. The Hall–Kier alpha value is -2.03. The molecule has 0 saturated heterocycles. The number of hydrogen-bond acceptors (Lipinski definition) is 3.